The molecule has 1 spiro atoms. The van der Waals surface area contributed by atoms with E-state index in [0.29, 0.717) is 6.42 Å². The van der Waals surface area contributed by atoms with Crippen LogP contribution in [-0.4, -0.2) is 139 Å². The van der Waals surface area contributed by atoms with E-state index in [9.17, 15) is 24.9 Å². The summed E-state index contributed by atoms with van der Waals surface area (Å²) in [5.74, 6) is -3.74. The highest BCUT2D eigenvalue weighted by molar-refractivity contribution is 5.92. The van der Waals surface area contributed by atoms with Gasteiger partial charge in [0.1, 0.15) is 18.3 Å². The summed E-state index contributed by atoms with van der Waals surface area (Å²) in [4.78, 5) is 29.7. The minimum atomic E-state index is -1.10. The topological polar surface area (TPSA) is 166 Å². The number of esters is 1. The minimum absolute atomic E-state index is 0.198. The van der Waals surface area contributed by atoms with Gasteiger partial charge in [0.05, 0.1) is 49.1 Å². The van der Waals surface area contributed by atoms with Gasteiger partial charge < -0.3 is 53.4 Å². The number of cyclic esters (lactones) is 1. The molecule has 0 unspecified atom stereocenters. The fourth-order valence-corrected chi connectivity index (χ4v) is 7.89. The second-order valence-corrected chi connectivity index (χ2v) is 15.3. The number of hydrogen-bond acceptors (Lipinski definition) is 13. The Morgan fingerprint density at radius 1 is 0.792 bits per heavy atom. The predicted octanol–water partition coefficient (Wildman–Crippen LogP) is 1.91. The Bertz CT molecular complexity index is 1090. The number of aliphatic hydroxyl groups is 3. The van der Waals surface area contributed by atoms with Gasteiger partial charge in [0, 0.05) is 37.3 Å². The van der Waals surface area contributed by atoms with Gasteiger partial charge in [-0.1, -0.05) is 27.7 Å². The van der Waals surface area contributed by atoms with Crippen LogP contribution < -0.4 is 0 Å². The number of ether oxygens (including phenoxy) is 7. The van der Waals surface area contributed by atoms with Crippen molar-refractivity contribution in [1.82, 2.24) is 4.90 Å². The van der Waals surface area contributed by atoms with Gasteiger partial charge in [-0.05, 0) is 60.5 Å². The highest BCUT2D eigenvalue weighted by atomic mass is 16.7. The first-order valence-electron chi connectivity index (χ1n) is 17.7. The van der Waals surface area contributed by atoms with Crippen LogP contribution >= 0.6 is 0 Å². The van der Waals surface area contributed by atoms with Crippen LogP contribution in [0.3, 0.4) is 0 Å². The fourth-order valence-electron chi connectivity index (χ4n) is 7.89. The molecule has 0 aromatic heterocycles. The van der Waals surface area contributed by atoms with Gasteiger partial charge in [0.15, 0.2) is 24.0 Å². The van der Waals surface area contributed by atoms with E-state index in [1.54, 1.807) is 34.6 Å². The molecule has 0 bridgehead atoms. The fraction of sp³-hybridized carbons (Fsp3) is 0.943. The van der Waals surface area contributed by atoms with E-state index >= 15 is 0 Å². The van der Waals surface area contributed by atoms with E-state index in [4.69, 9.17) is 33.2 Å². The largest absolute Gasteiger partial charge is 0.462 e. The van der Waals surface area contributed by atoms with Crippen molar-refractivity contribution in [2.75, 3.05) is 27.8 Å². The van der Waals surface area contributed by atoms with Crippen molar-refractivity contribution in [3.8, 4) is 0 Å². The van der Waals surface area contributed by atoms with Gasteiger partial charge in [-0.2, -0.15) is 0 Å². The molecule has 4 heterocycles. The number of hydrogen-bond donors (Lipinski definition) is 3. The smallest absolute Gasteiger partial charge is 0.311 e. The van der Waals surface area contributed by atoms with Crippen LogP contribution in [0.2, 0.25) is 0 Å². The van der Waals surface area contributed by atoms with Crippen molar-refractivity contribution < 1.29 is 58.1 Å². The summed E-state index contributed by atoms with van der Waals surface area (Å²) < 4.78 is 43.0. The zero-order valence-corrected chi connectivity index (χ0v) is 30.6. The third-order valence-electron chi connectivity index (χ3n) is 11.4. The van der Waals surface area contributed by atoms with Gasteiger partial charge in [0.2, 0.25) is 0 Å². The van der Waals surface area contributed by atoms with Gasteiger partial charge in [0.25, 0.3) is 0 Å². The van der Waals surface area contributed by atoms with E-state index < -0.39 is 96.7 Å². The third-order valence-corrected chi connectivity index (χ3v) is 11.4. The van der Waals surface area contributed by atoms with Crippen LogP contribution in [0.5, 0.6) is 0 Å². The molecule has 0 saturated carbocycles. The van der Waals surface area contributed by atoms with Gasteiger partial charge >= 0.3 is 5.97 Å². The lowest BCUT2D eigenvalue weighted by Gasteiger charge is -2.46. The number of rotatable bonds is 6. The normalized spacial score (nSPS) is 49.9. The lowest BCUT2D eigenvalue weighted by molar-refractivity contribution is -0.299. The third kappa shape index (κ3) is 8.43. The first-order valence-corrected chi connectivity index (χ1v) is 17.7. The summed E-state index contributed by atoms with van der Waals surface area (Å²) in [6.07, 6.45) is -7.15. The molecule has 4 fully saturated rings. The lowest BCUT2D eigenvalue weighted by Crippen LogP contribution is -2.57. The van der Waals surface area contributed by atoms with Crippen molar-refractivity contribution in [1.29, 1.82) is 0 Å². The SMILES string of the molecule is CO[C@H]1C[C@@H](O[C@H]2[C@H](C)[C@@H](O[C@@H]3O[C@H](C)C[C@H](N(C)C)[C@H]3O)[C@@H](C)C[C@]3(CO3)C(=O)[C@H](C)[C@@H](O)[C@@H](C)[C@@H](C)OC(=O)[C@@H]2C)O[C@@H](C)[C@@H]1O. The van der Waals surface area contributed by atoms with Crippen LogP contribution in [-0.2, 0) is 42.7 Å². The standard InChI is InChI=1S/C35H61NO12/c1-16-14-35(15-43-35)32(40)19(4)27(37)18(3)22(7)46-33(41)21(6)31(47-26-13-25(42-11)28(38)23(8)45-26)20(5)30(16)48-34-29(39)24(36(9)10)12-17(2)44-34/h16-31,34,37-39H,12-15H2,1-11H3/t16-,17+,18-,19+,20+,21+,22+,23-,24-,25-,26+,27-,28-,29+,30-,31-,34-,35-/m0/s1. The molecule has 0 amide bonds. The molecule has 4 rings (SSSR count). The van der Waals surface area contributed by atoms with Crippen LogP contribution in [0, 0.1) is 29.6 Å². The number of carbonyl (C=O) groups excluding carboxylic acids is 2. The van der Waals surface area contributed by atoms with Gasteiger partial charge in [-0.3, -0.25) is 9.59 Å². The number of epoxide rings is 1. The summed E-state index contributed by atoms with van der Waals surface area (Å²) in [6, 6.07) is -0.219. The maximum atomic E-state index is 13.9. The second kappa shape index (κ2) is 16.0. The number of methoxy groups -OCH3 is 1. The van der Waals surface area contributed by atoms with E-state index in [-0.39, 0.29) is 43.3 Å². The Morgan fingerprint density at radius 3 is 2.02 bits per heavy atom. The molecule has 0 aromatic rings. The van der Waals surface area contributed by atoms with Crippen molar-refractivity contribution in [2.45, 2.75) is 154 Å². The zero-order chi connectivity index (χ0) is 35.8. The van der Waals surface area contributed by atoms with E-state index in [1.165, 1.54) is 7.11 Å². The summed E-state index contributed by atoms with van der Waals surface area (Å²) in [6.45, 7) is 14.6. The Labute approximate surface area is 285 Å². The number of Topliss-reactive ketones (excluding diaryl/α,β-unsaturated/α-hetero) is 1. The Morgan fingerprint density at radius 2 is 1.44 bits per heavy atom. The van der Waals surface area contributed by atoms with Crippen molar-refractivity contribution in [2.24, 2.45) is 29.6 Å². The average Bonchev–Trinajstić information content (AvgIpc) is 3.82. The van der Waals surface area contributed by atoms with Crippen LogP contribution in [0.1, 0.15) is 74.7 Å². The summed E-state index contributed by atoms with van der Waals surface area (Å²) in [7, 11) is 5.32. The van der Waals surface area contributed by atoms with Gasteiger partial charge in [-0.15, -0.1) is 0 Å². The molecular formula is C35H61NO12. The molecule has 3 N–H and O–H groups in total. The molecule has 4 aliphatic heterocycles. The second-order valence-electron chi connectivity index (χ2n) is 15.3. The van der Waals surface area contributed by atoms with E-state index in [1.807, 2.05) is 39.8 Å². The molecule has 4 saturated heterocycles. The molecular weight excluding hydrogens is 626 g/mol. The number of ketones is 1. The average molecular weight is 688 g/mol. The van der Waals surface area contributed by atoms with E-state index in [0.717, 1.165) is 0 Å². The van der Waals surface area contributed by atoms with Crippen molar-refractivity contribution in [3.05, 3.63) is 0 Å². The van der Waals surface area contributed by atoms with Crippen LogP contribution in [0.25, 0.3) is 0 Å². The Kier molecular flexibility index (Phi) is 13.1. The molecule has 278 valence electrons. The molecule has 48 heavy (non-hydrogen) atoms. The first-order chi connectivity index (χ1) is 22.4. The summed E-state index contributed by atoms with van der Waals surface area (Å²) >= 11 is 0. The highest BCUT2D eigenvalue weighted by Gasteiger charge is 2.57. The maximum absolute atomic E-state index is 13.9. The Balaban J connectivity index is 1.75. The van der Waals surface area contributed by atoms with Crippen molar-refractivity contribution >= 4 is 11.8 Å². The van der Waals surface area contributed by atoms with Crippen molar-refractivity contribution in [3.63, 3.8) is 0 Å². The lowest BCUT2D eigenvalue weighted by atomic mass is 9.76. The quantitative estimate of drug-likeness (QED) is 0.274. The van der Waals surface area contributed by atoms with E-state index in [2.05, 4.69) is 0 Å². The van der Waals surface area contributed by atoms with Crippen LogP contribution in [0.15, 0.2) is 0 Å². The maximum Gasteiger partial charge on any atom is 0.311 e. The molecule has 18 atom stereocenters. The summed E-state index contributed by atoms with van der Waals surface area (Å²) in [5, 5.41) is 33.3. The molecule has 0 aromatic carbocycles. The monoisotopic (exact) mass is 687 g/mol. The number of aliphatic hydroxyl groups excluding tert-OH is 3. The Hall–Kier alpha value is -1.26. The number of nitrogens with zero attached hydrogens (tertiary/aromatic N) is 1. The minimum Gasteiger partial charge on any atom is -0.462 e. The zero-order valence-electron chi connectivity index (χ0n) is 30.6. The molecule has 4 aliphatic rings. The molecule has 0 aliphatic carbocycles. The molecule has 0 radical (unpaired) electrons. The first kappa shape index (κ1) is 39.5. The molecule has 13 nitrogen and oxygen atoms in total. The van der Waals surface area contributed by atoms with Gasteiger partial charge in [-0.25, -0.2) is 0 Å². The van der Waals surface area contributed by atoms with Crippen LogP contribution in [0.4, 0.5) is 0 Å². The highest BCUT2D eigenvalue weighted by Crippen LogP contribution is 2.43. The summed E-state index contributed by atoms with van der Waals surface area (Å²) in [5.41, 5.74) is -1.10. The molecule has 13 heteroatoms. The number of likely N-dealkylation sites (N-methyl/N-ethyl adjacent to an activating group) is 1. The predicted molar refractivity (Wildman–Crippen MR) is 174 cm³/mol. The number of carbonyl (C=O) groups is 2.